The highest BCUT2D eigenvalue weighted by Crippen LogP contribution is 2.29. The van der Waals surface area contributed by atoms with Crippen molar-refractivity contribution in [2.45, 2.75) is 50.3 Å². The fraction of sp³-hybridized carbons (Fsp3) is 0.423. The molecule has 11 heteroatoms. The largest absolute Gasteiger partial charge is 0.504 e. The maximum absolute atomic E-state index is 13.2. The molecule has 0 radical (unpaired) electrons. The summed E-state index contributed by atoms with van der Waals surface area (Å²) in [6.45, 7) is 4.30. The van der Waals surface area contributed by atoms with Crippen molar-refractivity contribution < 1.29 is 38.5 Å². The van der Waals surface area contributed by atoms with Crippen molar-refractivity contribution in [1.82, 2.24) is 10.3 Å². The molecule has 1 saturated heterocycles. The van der Waals surface area contributed by atoms with Gasteiger partial charge in [-0.15, -0.1) is 11.8 Å². The number of esters is 3. The Morgan fingerprint density at radius 2 is 1.89 bits per heavy atom. The number of amides is 1. The summed E-state index contributed by atoms with van der Waals surface area (Å²) >= 11 is 1.22. The van der Waals surface area contributed by atoms with E-state index >= 15 is 0 Å². The molecule has 2 heterocycles. The van der Waals surface area contributed by atoms with Crippen LogP contribution >= 0.6 is 11.8 Å². The number of carbonyl (C=O) groups is 4. The SMILES string of the molecule is CSc1ccnc(C(=O)NC2COC(=O)[C@H](Cc3ccccc3)[C@@H](OC(=O)C(C)C)[C@H](C)OC2=O)c1O. The van der Waals surface area contributed by atoms with Crippen molar-refractivity contribution in [3.8, 4) is 5.75 Å². The first kappa shape index (κ1) is 28.0. The molecule has 2 N–H and O–H groups in total. The Kier molecular flexibility index (Phi) is 9.51. The van der Waals surface area contributed by atoms with Crippen molar-refractivity contribution >= 4 is 35.6 Å². The molecule has 1 aromatic heterocycles. The van der Waals surface area contributed by atoms with Gasteiger partial charge in [-0.2, -0.15) is 0 Å². The molecule has 1 amide bonds. The van der Waals surface area contributed by atoms with Crippen LogP contribution in [0.1, 0.15) is 36.8 Å². The van der Waals surface area contributed by atoms with E-state index in [1.807, 2.05) is 30.3 Å². The summed E-state index contributed by atoms with van der Waals surface area (Å²) in [5.41, 5.74) is 0.512. The van der Waals surface area contributed by atoms with Gasteiger partial charge < -0.3 is 24.6 Å². The monoisotopic (exact) mass is 530 g/mol. The molecule has 0 saturated carbocycles. The number of cyclic esters (lactones) is 2. The number of ether oxygens (including phenoxy) is 3. The third-order valence-electron chi connectivity index (χ3n) is 5.79. The third-order valence-corrected chi connectivity index (χ3v) is 6.56. The first-order valence-corrected chi connectivity index (χ1v) is 13.0. The van der Waals surface area contributed by atoms with Gasteiger partial charge in [0, 0.05) is 6.20 Å². The standard InChI is InChI=1S/C26H30N2O8S/c1-14(2)24(31)36-22-15(3)35-26(33)18(28-23(30)20-21(29)19(37-4)10-11-27-20)13-34-25(32)17(22)12-16-8-6-5-7-9-16/h5-11,14-15,17-18,22,29H,12-13H2,1-4H3,(H,28,30)/t15-,17+,18?,22-/m0/s1. The van der Waals surface area contributed by atoms with Gasteiger partial charge in [0.25, 0.3) is 5.91 Å². The molecule has 198 valence electrons. The quantitative estimate of drug-likeness (QED) is 0.312. The molecule has 37 heavy (non-hydrogen) atoms. The van der Waals surface area contributed by atoms with Crippen molar-refractivity contribution in [1.29, 1.82) is 0 Å². The lowest BCUT2D eigenvalue weighted by Gasteiger charge is -2.29. The van der Waals surface area contributed by atoms with E-state index in [2.05, 4.69) is 10.3 Å². The third kappa shape index (κ3) is 7.00. The lowest BCUT2D eigenvalue weighted by molar-refractivity contribution is -0.176. The van der Waals surface area contributed by atoms with Crippen molar-refractivity contribution in [2.75, 3.05) is 12.9 Å². The Balaban J connectivity index is 1.87. The summed E-state index contributed by atoms with van der Waals surface area (Å²) in [4.78, 5) is 55.8. The van der Waals surface area contributed by atoms with E-state index in [1.54, 1.807) is 26.2 Å². The number of carbonyl (C=O) groups excluding carboxylic acids is 4. The number of aromatic nitrogens is 1. The zero-order valence-corrected chi connectivity index (χ0v) is 21.8. The Bertz CT molecular complexity index is 1140. The van der Waals surface area contributed by atoms with E-state index < -0.39 is 60.5 Å². The van der Waals surface area contributed by atoms with Gasteiger partial charge in [0.1, 0.15) is 18.6 Å². The summed E-state index contributed by atoms with van der Waals surface area (Å²) in [5.74, 6) is -4.78. The number of hydrogen-bond acceptors (Lipinski definition) is 10. The molecule has 0 spiro atoms. The molecule has 2 aromatic rings. The minimum absolute atomic E-state index is 0.175. The number of nitrogens with zero attached hydrogens (tertiary/aromatic N) is 1. The molecule has 1 aromatic carbocycles. The highest BCUT2D eigenvalue weighted by atomic mass is 32.2. The van der Waals surface area contributed by atoms with Crippen LogP contribution in [-0.2, 0) is 35.0 Å². The minimum Gasteiger partial charge on any atom is -0.504 e. The molecular formula is C26H30N2O8S. The van der Waals surface area contributed by atoms with Gasteiger partial charge in [-0.1, -0.05) is 44.2 Å². The highest BCUT2D eigenvalue weighted by molar-refractivity contribution is 7.98. The van der Waals surface area contributed by atoms with Crippen LogP contribution in [0.4, 0.5) is 0 Å². The molecule has 1 aliphatic heterocycles. The number of rotatable bonds is 7. The van der Waals surface area contributed by atoms with E-state index in [1.165, 1.54) is 24.9 Å². The van der Waals surface area contributed by atoms with Crippen LogP contribution in [-0.4, -0.2) is 65.0 Å². The predicted molar refractivity (Wildman–Crippen MR) is 134 cm³/mol. The van der Waals surface area contributed by atoms with E-state index in [4.69, 9.17) is 14.2 Å². The highest BCUT2D eigenvalue weighted by Gasteiger charge is 2.42. The maximum atomic E-state index is 13.2. The smallest absolute Gasteiger partial charge is 0.332 e. The number of hydrogen-bond donors (Lipinski definition) is 2. The lowest BCUT2D eigenvalue weighted by Crippen LogP contribution is -2.47. The summed E-state index contributed by atoms with van der Waals surface area (Å²) in [7, 11) is 0. The number of aromatic hydroxyl groups is 1. The Hall–Kier alpha value is -3.60. The summed E-state index contributed by atoms with van der Waals surface area (Å²) in [5, 5.41) is 12.8. The van der Waals surface area contributed by atoms with Gasteiger partial charge in [0.2, 0.25) is 0 Å². The Morgan fingerprint density at radius 1 is 1.19 bits per heavy atom. The molecular weight excluding hydrogens is 500 g/mol. The van der Waals surface area contributed by atoms with Gasteiger partial charge in [-0.25, -0.2) is 9.78 Å². The summed E-state index contributed by atoms with van der Waals surface area (Å²) < 4.78 is 16.6. The number of thioether (sulfide) groups is 1. The molecule has 1 fully saturated rings. The zero-order chi connectivity index (χ0) is 27.1. The lowest BCUT2D eigenvalue weighted by atomic mass is 9.91. The minimum atomic E-state index is -1.38. The van der Waals surface area contributed by atoms with Gasteiger partial charge in [-0.3, -0.25) is 14.4 Å². The second-order valence-electron chi connectivity index (χ2n) is 8.86. The molecule has 10 nitrogen and oxygen atoms in total. The Labute approximate surface area is 219 Å². The zero-order valence-electron chi connectivity index (χ0n) is 21.0. The van der Waals surface area contributed by atoms with Crippen LogP contribution in [0.25, 0.3) is 0 Å². The van der Waals surface area contributed by atoms with Crippen LogP contribution < -0.4 is 5.32 Å². The fourth-order valence-electron chi connectivity index (χ4n) is 3.74. The van der Waals surface area contributed by atoms with Crippen LogP contribution in [0.15, 0.2) is 47.5 Å². The topological polar surface area (TPSA) is 141 Å². The van der Waals surface area contributed by atoms with Crippen LogP contribution in [0.5, 0.6) is 5.75 Å². The molecule has 1 unspecified atom stereocenters. The van der Waals surface area contributed by atoms with Crippen molar-refractivity contribution in [3.05, 3.63) is 53.9 Å². The number of nitrogens with one attached hydrogen (secondary N) is 1. The molecule has 1 aliphatic rings. The second kappa shape index (κ2) is 12.6. The van der Waals surface area contributed by atoms with E-state index in [9.17, 15) is 24.3 Å². The van der Waals surface area contributed by atoms with Gasteiger partial charge in [0.05, 0.1) is 10.8 Å². The second-order valence-corrected chi connectivity index (χ2v) is 9.71. The summed E-state index contributed by atoms with van der Waals surface area (Å²) in [6.07, 6.45) is 1.10. The molecule has 0 aliphatic carbocycles. The van der Waals surface area contributed by atoms with Crippen molar-refractivity contribution in [3.63, 3.8) is 0 Å². The average Bonchev–Trinajstić information content (AvgIpc) is 2.91. The van der Waals surface area contributed by atoms with Gasteiger partial charge >= 0.3 is 17.9 Å². The normalized spacial score (nSPS) is 22.2. The number of benzene rings is 1. The first-order valence-electron chi connectivity index (χ1n) is 11.8. The molecule has 4 atom stereocenters. The maximum Gasteiger partial charge on any atom is 0.332 e. The van der Waals surface area contributed by atoms with E-state index in [0.29, 0.717) is 4.90 Å². The number of pyridine rings is 1. The molecule has 0 bridgehead atoms. The van der Waals surface area contributed by atoms with Gasteiger partial charge in [-0.05, 0) is 31.2 Å². The van der Waals surface area contributed by atoms with Crippen LogP contribution in [0.3, 0.4) is 0 Å². The Morgan fingerprint density at radius 3 is 2.54 bits per heavy atom. The average molecular weight is 531 g/mol. The fourth-order valence-corrected chi connectivity index (χ4v) is 4.23. The predicted octanol–water partition coefficient (Wildman–Crippen LogP) is 2.52. The van der Waals surface area contributed by atoms with Crippen LogP contribution in [0.2, 0.25) is 0 Å². The van der Waals surface area contributed by atoms with Crippen LogP contribution in [0, 0.1) is 11.8 Å². The van der Waals surface area contributed by atoms with E-state index in [0.717, 1.165) is 5.56 Å². The summed E-state index contributed by atoms with van der Waals surface area (Å²) in [6, 6.07) is 9.27. The first-order chi connectivity index (χ1) is 17.6. The van der Waals surface area contributed by atoms with Crippen molar-refractivity contribution in [2.24, 2.45) is 11.8 Å². The van der Waals surface area contributed by atoms with E-state index in [-0.39, 0.29) is 17.9 Å². The van der Waals surface area contributed by atoms with Gasteiger partial charge in [0.15, 0.2) is 23.6 Å². The molecule has 3 rings (SSSR count).